The van der Waals surface area contributed by atoms with Crippen LogP contribution in [0.5, 0.6) is 5.75 Å². The van der Waals surface area contributed by atoms with E-state index in [4.69, 9.17) is 4.74 Å². The van der Waals surface area contributed by atoms with E-state index in [2.05, 4.69) is 17.1 Å². The lowest BCUT2D eigenvalue weighted by molar-refractivity contribution is 0.288. The number of aryl methyl sites for hydroxylation is 1. The Balaban J connectivity index is 1.64. The Morgan fingerprint density at radius 2 is 1.92 bits per heavy atom. The molecule has 0 bridgehead atoms. The smallest absolute Gasteiger partial charge is 0.191 e. The summed E-state index contributed by atoms with van der Waals surface area (Å²) < 4.78 is 20.9. The molecule has 0 saturated heterocycles. The van der Waals surface area contributed by atoms with Crippen LogP contribution >= 0.6 is 11.8 Å². The van der Waals surface area contributed by atoms with Crippen LogP contribution in [0.15, 0.2) is 53.7 Å². The maximum absolute atomic E-state index is 13.0. The molecule has 25 heavy (non-hydrogen) atoms. The largest absolute Gasteiger partial charge is 0.486 e. The van der Waals surface area contributed by atoms with Crippen molar-refractivity contribution in [2.24, 2.45) is 0 Å². The second-order valence-electron chi connectivity index (χ2n) is 5.66. The molecule has 1 heterocycles. The molecule has 3 rings (SSSR count). The summed E-state index contributed by atoms with van der Waals surface area (Å²) in [6.07, 6.45) is 0. The van der Waals surface area contributed by atoms with E-state index in [1.165, 1.54) is 12.1 Å². The molecule has 6 heteroatoms. The minimum Gasteiger partial charge on any atom is -0.486 e. The maximum atomic E-state index is 13.0. The first-order valence-corrected chi connectivity index (χ1v) is 9.13. The van der Waals surface area contributed by atoms with E-state index in [9.17, 15) is 4.39 Å². The molecular formula is C19H20FN3OS. The highest BCUT2D eigenvalue weighted by Crippen LogP contribution is 2.23. The number of nitrogens with zero attached hydrogens (tertiary/aromatic N) is 3. The minimum absolute atomic E-state index is 0.221. The summed E-state index contributed by atoms with van der Waals surface area (Å²) in [6.45, 7) is 5.24. The third-order valence-corrected chi connectivity index (χ3v) is 4.79. The highest BCUT2D eigenvalue weighted by atomic mass is 32.2. The lowest BCUT2D eigenvalue weighted by Gasteiger charge is -2.09. The zero-order valence-corrected chi connectivity index (χ0v) is 15.1. The fraction of sp³-hybridized carbons (Fsp3) is 0.263. The second kappa shape index (κ2) is 8.16. The molecule has 3 aromatic rings. The molecule has 0 aliphatic carbocycles. The Labute approximate surface area is 151 Å². The van der Waals surface area contributed by atoms with E-state index in [0.717, 1.165) is 40.2 Å². The number of thioether (sulfide) groups is 1. The zero-order valence-electron chi connectivity index (χ0n) is 14.3. The average Bonchev–Trinajstić information content (AvgIpc) is 3.01. The SMILES string of the molecule is CCn1c(COc2cccc(C)c2)nnc1SCc1ccc(F)cc1. The lowest BCUT2D eigenvalue weighted by atomic mass is 10.2. The molecule has 0 amide bonds. The summed E-state index contributed by atoms with van der Waals surface area (Å²) in [5.41, 5.74) is 2.21. The molecule has 0 N–H and O–H groups in total. The van der Waals surface area contributed by atoms with Crippen LogP contribution in [0.25, 0.3) is 0 Å². The number of halogens is 1. The van der Waals surface area contributed by atoms with E-state index < -0.39 is 0 Å². The van der Waals surface area contributed by atoms with Gasteiger partial charge in [0.05, 0.1) is 0 Å². The Kier molecular flexibility index (Phi) is 5.71. The highest BCUT2D eigenvalue weighted by molar-refractivity contribution is 7.98. The summed E-state index contributed by atoms with van der Waals surface area (Å²) in [5.74, 6) is 2.12. The molecule has 1 aromatic heterocycles. The van der Waals surface area contributed by atoms with E-state index in [1.807, 2.05) is 35.8 Å². The summed E-state index contributed by atoms with van der Waals surface area (Å²) in [5, 5.41) is 9.37. The zero-order chi connectivity index (χ0) is 17.6. The third-order valence-electron chi connectivity index (χ3n) is 3.75. The van der Waals surface area contributed by atoms with E-state index in [-0.39, 0.29) is 5.82 Å². The molecule has 0 unspecified atom stereocenters. The van der Waals surface area contributed by atoms with Gasteiger partial charge in [0.15, 0.2) is 11.0 Å². The third kappa shape index (κ3) is 4.60. The number of benzene rings is 2. The van der Waals surface area contributed by atoms with Gasteiger partial charge in [-0.2, -0.15) is 0 Å². The first-order chi connectivity index (χ1) is 12.2. The van der Waals surface area contributed by atoms with Gasteiger partial charge in [-0.1, -0.05) is 36.0 Å². The normalized spacial score (nSPS) is 10.8. The lowest BCUT2D eigenvalue weighted by Crippen LogP contribution is -2.07. The van der Waals surface area contributed by atoms with Crippen LogP contribution in [0.4, 0.5) is 4.39 Å². The topological polar surface area (TPSA) is 39.9 Å². The summed E-state index contributed by atoms with van der Waals surface area (Å²) >= 11 is 1.59. The van der Waals surface area contributed by atoms with Crippen molar-refractivity contribution in [3.8, 4) is 5.75 Å². The van der Waals surface area contributed by atoms with Gasteiger partial charge in [0, 0.05) is 12.3 Å². The number of hydrogen-bond acceptors (Lipinski definition) is 4. The van der Waals surface area contributed by atoms with Crippen LogP contribution in [-0.4, -0.2) is 14.8 Å². The van der Waals surface area contributed by atoms with Gasteiger partial charge in [-0.05, 0) is 49.2 Å². The second-order valence-corrected chi connectivity index (χ2v) is 6.61. The molecule has 130 valence electrons. The van der Waals surface area contributed by atoms with Gasteiger partial charge in [0.1, 0.15) is 18.2 Å². The standard InChI is InChI=1S/C19H20FN3OS/c1-3-23-18(12-24-17-6-4-5-14(2)11-17)21-22-19(23)25-13-15-7-9-16(20)10-8-15/h4-11H,3,12-13H2,1-2H3. The molecule has 0 saturated carbocycles. The molecule has 0 aliphatic heterocycles. The Morgan fingerprint density at radius 3 is 2.64 bits per heavy atom. The molecular weight excluding hydrogens is 337 g/mol. The first-order valence-electron chi connectivity index (χ1n) is 8.14. The van der Waals surface area contributed by atoms with Crippen molar-refractivity contribution >= 4 is 11.8 Å². The number of rotatable bonds is 7. The van der Waals surface area contributed by atoms with Crippen LogP contribution in [0, 0.1) is 12.7 Å². The number of ether oxygens (including phenoxy) is 1. The van der Waals surface area contributed by atoms with Gasteiger partial charge < -0.3 is 9.30 Å². The van der Waals surface area contributed by atoms with Gasteiger partial charge in [-0.25, -0.2) is 4.39 Å². The number of hydrogen-bond donors (Lipinski definition) is 0. The van der Waals surface area contributed by atoms with Crippen molar-refractivity contribution in [2.45, 2.75) is 37.9 Å². The van der Waals surface area contributed by atoms with Crippen LogP contribution in [0.1, 0.15) is 23.9 Å². The van der Waals surface area contributed by atoms with Gasteiger partial charge in [0.25, 0.3) is 0 Å². The van der Waals surface area contributed by atoms with Crippen molar-refractivity contribution in [2.75, 3.05) is 0 Å². The molecule has 0 spiro atoms. The average molecular weight is 357 g/mol. The molecule has 0 radical (unpaired) electrons. The van der Waals surface area contributed by atoms with Gasteiger partial charge in [-0.15, -0.1) is 10.2 Å². The molecule has 0 aliphatic rings. The van der Waals surface area contributed by atoms with Crippen molar-refractivity contribution in [3.05, 3.63) is 71.3 Å². The summed E-state index contributed by atoms with van der Waals surface area (Å²) in [4.78, 5) is 0. The van der Waals surface area contributed by atoms with Crippen LogP contribution in [0.3, 0.4) is 0 Å². The molecule has 4 nitrogen and oxygen atoms in total. The monoisotopic (exact) mass is 357 g/mol. The fourth-order valence-electron chi connectivity index (χ4n) is 2.43. The Hall–Kier alpha value is -2.34. The van der Waals surface area contributed by atoms with Gasteiger partial charge in [0.2, 0.25) is 0 Å². The summed E-state index contributed by atoms with van der Waals surface area (Å²) in [7, 11) is 0. The quantitative estimate of drug-likeness (QED) is 0.579. The summed E-state index contributed by atoms with van der Waals surface area (Å²) in [6, 6.07) is 14.5. The van der Waals surface area contributed by atoms with Gasteiger partial charge >= 0.3 is 0 Å². The van der Waals surface area contributed by atoms with Crippen LogP contribution in [0.2, 0.25) is 0 Å². The molecule has 0 atom stereocenters. The van der Waals surface area contributed by atoms with Gasteiger partial charge in [-0.3, -0.25) is 0 Å². The van der Waals surface area contributed by atoms with Crippen molar-refractivity contribution in [3.63, 3.8) is 0 Å². The predicted octanol–water partition coefficient (Wildman–Crippen LogP) is 4.62. The van der Waals surface area contributed by atoms with Crippen molar-refractivity contribution in [1.29, 1.82) is 0 Å². The van der Waals surface area contributed by atoms with Crippen molar-refractivity contribution in [1.82, 2.24) is 14.8 Å². The molecule has 2 aromatic carbocycles. The molecule has 0 fully saturated rings. The Morgan fingerprint density at radius 1 is 1.12 bits per heavy atom. The first kappa shape index (κ1) is 17.5. The predicted molar refractivity (Wildman–Crippen MR) is 97.2 cm³/mol. The fourth-order valence-corrected chi connectivity index (χ4v) is 3.41. The van der Waals surface area contributed by atoms with Crippen LogP contribution < -0.4 is 4.74 Å². The van der Waals surface area contributed by atoms with E-state index in [1.54, 1.807) is 23.9 Å². The number of aromatic nitrogens is 3. The Bertz CT molecular complexity index is 833. The van der Waals surface area contributed by atoms with Crippen LogP contribution in [-0.2, 0) is 18.9 Å². The van der Waals surface area contributed by atoms with E-state index >= 15 is 0 Å². The maximum Gasteiger partial charge on any atom is 0.191 e. The van der Waals surface area contributed by atoms with E-state index in [0.29, 0.717) is 6.61 Å². The highest BCUT2D eigenvalue weighted by Gasteiger charge is 2.12. The minimum atomic E-state index is -0.221. The van der Waals surface area contributed by atoms with Crippen molar-refractivity contribution < 1.29 is 9.13 Å².